The summed E-state index contributed by atoms with van der Waals surface area (Å²) >= 11 is 0. The quantitative estimate of drug-likeness (QED) is 0.337. The minimum atomic E-state index is -3.77. The standard InChI is InChI=1S/C26H38N2O5S/c1-5-28-14-6-9-23(28)19-27-18-21-16-22(26(32-4)25(17-21)31-3)8-7-15-33-34(29,30)24-12-10-20(2)11-13-24/h10-13,16-17,23,27H,5-9,14-15,18-19H2,1-4H3. The van der Waals surface area contributed by atoms with Gasteiger partial charge in [-0.2, -0.15) is 8.42 Å². The SMILES string of the molecule is CCN1CCCC1CNCc1cc(CCCOS(=O)(=O)c2ccc(C)cc2)c(OC)c(OC)c1. The molecule has 1 unspecified atom stereocenters. The molecule has 34 heavy (non-hydrogen) atoms. The topological polar surface area (TPSA) is 77.1 Å². The molecular formula is C26H38N2O5S. The zero-order chi connectivity index (χ0) is 24.6. The number of benzene rings is 2. The van der Waals surface area contributed by atoms with E-state index in [0.717, 1.165) is 36.3 Å². The van der Waals surface area contributed by atoms with Crippen molar-refractivity contribution < 1.29 is 22.1 Å². The van der Waals surface area contributed by atoms with E-state index >= 15 is 0 Å². The fraction of sp³-hybridized carbons (Fsp3) is 0.538. The van der Waals surface area contributed by atoms with Crippen LogP contribution in [0.2, 0.25) is 0 Å². The van der Waals surface area contributed by atoms with Crippen LogP contribution in [-0.2, 0) is 27.3 Å². The number of nitrogens with one attached hydrogen (secondary N) is 1. The number of hydrogen-bond donors (Lipinski definition) is 1. The highest BCUT2D eigenvalue weighted by molar-refractivity contribution is 7.86. The van der Waals surface area contributed by atoms with Crippen LogP contribution in [0.4, 0.5) is 0 Å². The van der Waals surface area contributed by atoms with E-state index < -0.39 is 10.1 Å². The van der Waals surface area contributed by atoms with Crippen LogP contribution in [0, 0.1) is 6.92 Å². The summed E-state index contributed by atoms with van der Waals surface area (Å²) in [7, 11) is -0.510. The summed E-state index contributed by atoms with van der Waals surface area (Å²) in [6.45, 7) is 8.20. The van der Waals surface area contributed by atoms with Crippen LogP contribution < -0.4 is 14.8 Å². The van der Waals surface area contributed by atoms with E-state index in [1.54, 1.807) is 38.5 Å². The van der Waals surface area contributed by atoms with E-state index in [-0.39, 0.29) is 11.5 Å². The first-order valence-electron chi connectivity index (χ1n) is 12.0. The minimum absolute atomic E-state index is 0.0959. The number of rotatable bonds is 13. The average molecular weight is 491 g/mol. The minimum Gasteiger partial charge on any atom is -0.493 e. The van der Waals surface area contributed by atoms with Gasteiger partial charge < -0.3 is 14.8 Å². The summed E-state index contributed by atoms with van der Waals surface area (Å²) in [4.78, 5) is 2.70. The third-order valence-electron chi connectivity index (χ3n) is 6.37. The van der Waals surface area contributed by atoms with Crippen LogP contribution in [0.5, 0.6) is 11.5 Å². The van der Waals surface area contributed by atoms with Gasteiger partial charge in [-0.15, -0.1) is 0 Å². The lowest BCUT2D eigenvalue weighted by molar-refractivity contribution is 0.260. The Kier molecular flexibility index (Phi) is 9.76. The molecule has 0 spiro atoms. The van der Waals surface area contributed by atoms with Gasteiger partial charge in [-0.25, -0.2) is 0 Å². The predicted molar refractivity (Wildman–Crippen MR) is 134 cm³/mol. The molecule has 2 aromatic carbocycles. The van der Waals surface area contributed by atoms with Gasteiger partial charge in [-0.1, -0.05) is 30.7 Å². The second kappa shape index (κ2) is 12.5. The zero-order valence-corrected chi connectivity index (χ0v) is 21.6. The summed E-state index contributed by atoms with van der Waals surface area (Å²) < 4.78 is 41.3. The summed E-state index contributed by atoms with van der Waals surface area (Å²) in [6, 6.07) is 11.4. The molecule has 0 aromatic heterocycles. The number of hydrogen-bond acceptors (Lipinski definition) is 7. The molecule has 0 radical (unpaired) electrons. The normalized spacial score (nSPS) is 16.6. The molecule has 2 aromatic rings. The average Bonchev–Trinajstić information content (AvgIpc) is 3.29. The van der Waals surface area contributed by atoms with Crippen molar-refractivity contribution in [3.63, 3.8) is 0 Å². The molecule has 1 atom stereocenters. The van der Waals surface area contributed by atoms with E-state index in [9.17, 15) is 8.42 Å². The van der Waals surface area contributed by atoms with Crippen molar-refractivity contribution in [3.8, 4) is 11.5 Å². The number of aryl methyl sites for hydroxylation is 2. The van der Waals surface area contributed by atoms with Crippen LogP contribution in [0.25, 0.3) is 0 Å². The molecular weight excluding hydrogens is 452 g/mol. The molecule has 0 saturated carbocycles. The lowest BCUT2D eigenvalue weighted by Gasteiger charge is -2.23. The highest BCUT2D eigenvalue weighted by Gasteiger charge is 2.22. The Morgan fingerprint density at radius 2 is 1.88 bits per heavy atom. The molecule has 1 fully saturated rings. The van der Waals surface area contributed by atoms with Gasteiger partial charge in [-0.05, 0) is 75.0 Å². The van der Waals surface area contributed by atoms with Crippen LogP contribution in [-0.4, -0.2) is 59.8 Å². The maximum Gasteiger partial charge on any atom is 0.296 e. The first-order chi connectivity index (χ1) is 16.4. The van der Waals surface area contributed by atoms with Gasteiger partial charge in [0.25, 0.3) is 10.1 Å². The maximum absolute atomic E-state index is 12.4. The van der Waals surface area contributed by atoms with E-state index in [0.29, 0.717) is 30.4 Å². The first-order valence-corrected chi connectivity index (χ1v) is 13.4. The van der Waals surface area contributed by atoms with Crippen molar-refractivity contribution in [3.05, 3.63) is 53.1 Å². The summed E-state index contributed by atoms with van der Waals surface area (Å²) in [6.07, 6.45) is 3.66. The Morgan fingerprint density at radius 3 is 2.56 bits per heavy atom. The molecule has 7 nitrogen and oxygen atoms in total. The largest absolute Gasteiger partial charge is 0.493 e. The Bertz CT molecular complexity index is 1020. The number of methoxy groups -OCH3 is 2. The summed E-state index contributed by atoms with van der Waals surface area (Å²) in [5, 5.41) is 3.59. The predicted octanol–water partition coefficient (Wildman–Crippen LogP) is 3.92. The molecule has 0 aliphatic carbocycles. The first kappa shape index (κ1) is 26.5. The van der Waals surface area contributed by atoms with Gasteiger partial charge in [0.2, 0.25) is 0 Å². The van der Waals surface area contributed by atoms with Gasteiger partial charge in [0.05, 0.1) is 25.7 Å². The van der Waals surface area contributed by atoms with Crippen molar-refractivity contribution in [2.45, 2.75) is 57.0 Å². The molecule has 1 N–H and O–H groups in total. The van der Waals surface area contributed by atoms with E-state index in [2.05, 4.69) is 23.2 Å². The molecule has 1 aliphatic rings. The monoisotopic (exact) mass is 490 g/mol. The van der Waals surface area contributed by atoms with Gasteiger partial charge in [0, 0.05) is 19.1 Å². The summed E-state index contributed by atoms with van der Waals surface area (Å²) in [5.74, 6) is 1.36. The van der Waals surface area contributed by atoms with Gasteiger partial charge in [0.15, 0.2) is 11.5 Å². The van der Waals surface area contributed by atoms with Crippen molar-refractivity contribution >= 4 is 10.1 Å². The number of nitrogens with zero attached hydrogens (tertiary/aromatic N) is 1. The highest BCUT2D eigenvalue weighted by atomic mass is 32.2. The van der Waals surface area contributed by atoms with E-state index in [1.807, 2.05) is 13.0 Å². The molecule has 1 saturated heterocycles. The fourth-order valence-electron chi connectivity index (χ4n) is 4.52. The second-order valence-electron chi connectivity index (χ2n) is 8.74. The number of likely N-dealkylation sites (tertiary alicyclic amines) is 1. The molecule has 0 bridgehead atoms. The maximum atomic E-state index is 12.4. The number of ether oxygens (including phenoxy) is 2. The third kappa shape index (κ3) is 6.95. The van der Waals surface area contributed by atoms with Gasteiger partial charge >= 0.3 is 0 Å². The van der Waals surface area contributed by atoms with E-state index in [4.69, 9.17) is 13.7 Å². The Morgan fingerprint density at radius 1 is 1.12 bits per heavy atom. The van der Waals surface area contributed by atoms with Crippen LogP contribution in [0.1, 0.15) is 42.9 Å². The van der Waals surface area contributed by atoms with Crippen molar-refractivity contribution in [2.24, 2.45) is 0 Å². The van der Waals surface area contributed by atoms with Crippen molar-refractivity contribution in [1.29, 1.82) is 0 Å². The number of likely N-dealkylation sites (N-methyl/N-ethyl adjacent to an activating group) is 1. The Balaban J connectivity index is 1.59. The smallest absolute Gasteiger partial charge is 0.296 e. The van der Waals surface area contributed by atoms with Crippen molar-refractivity contribution in [2.75, 3.05) is 40.5 Å². The molecule has 188 valence electrons. The second-order valence-corrected chi connectivity index (χ2v) is 10.4. The van der Waals surface area contributed by atoms with Crippen molar-refractivity contribution in [1.82, 2.24) is 10.2 Å². The Hall–Kier alpha value is -2.13. The van der Waals surface area contributed by atoms with Crippen LogP contribution >= 0.6 is 0 Å². The zero-order valence-electron chi connectivity index (χ0n) is 20.8. The van der Waals surface area contributed by atoms with Gasteiger partial charge in [0.1, 0.15) is 0 Å². The molecule has 0 amide bonds. The lowest BCUT2D eigenvalue weighted by atomic mass is 10.0. The molecule has 3 rings (SSSR count). The fourth-order valence-corrected chi connectivity index (χ4v) is 5.47. The molecule has 1 heterocycles. The Labute approximate surface area is 204 Å². The van der Waals surface area contributed by atoms with Crippen LogP contribution in [0.3, 0.4) is 0 Å². The van der Waals surface area contributed by atoms with E-state index in [1.165, 1.54) is 19.4 Å². The molecule has 8 heteroatoms. The third-order valence-corrected chi connectivity index (χ3v) is 7.70. The highest BCUT2D eigenvalue weighted by Crippen LogP contribution is 2.33. The summed E-state index contributed by atoms with van der Waals surface area (Å²) in [5.41, 5.74) is 3.09. The molecule has 1 aliphatic heterocycles. The lowest BCUT2D eigenvalue weighted by Crippen LogP contribution is -2.37. The van der Waals surface area contributed by atoms with Gasteiger partial charge in [-0.3, -0.25) is 9.08 Å². The van der Waals surface area contributed by atoms with Crippen LogP contribution in [0.15, 0.2) is 41.3 Å².